The largest absolute Gasteiger partial charge is 0.367 e. The molecule has 34 heavy (non-hydrogen) atoms. The number of aromatic nitrogens is 3. The number of unbranched alkanes of at least 4 members (excludes halogenated alkanes) is 1. The molecular weight excluding hydrogens is 476 g/mol. The highest BCUT2D eigenvalue weighted by atomic mass is 35.5. The van der Waals surface area contributed by atoms with E-state index >= 15 is 0 Å². The van der Waals surface area contributed by atoms with Gasteiger partial charge in [-0.1, -0.05) is 30.3 Å². The van der Waals surface area contributed by atoms with Crippen LogP contribution in [-0.2, 0) is 6.54 Å². The van der Waals surface area contributed by atoms with E-state index in [1.54, 1.807) is 23.2 Å². The zero-order valence-electron chi connectivity index (χ0n) is 18.8. The smallest absolute Gasteiger partial charge is 0.262 e. The molecule has 6 nitrogen and oxygen atoms in total. The molecule has 0 radical (unpaired) electrons. The van der Waals surface area contributed by atoms with Crippen LogP contribution in [0.25, 0.3) is 21.8 Å². The van der Waals surface area contributed by atoms with E-state index in [0.29, 0.717) is 23.1 Å². The maximum Gasteiger partial charge on any atom is 0.262 e. The summed E-state index contributed by atoms with van der Waals surface area (Å²) in [7, 11) is 0. The lowest BCUT2D eigenvalue weighted by atomic mass is 10.1. The molecule has 2 aromatic heterocycles. The van der Waals surface area contributed by atoms with Crippen molar-refractivity contribution in [2.24, 2.45) is 0 Å². The number of halogens is 3. The van der Waals surface area contributed by atoms with Gasteiger partial charge in [0.25, 0.3) is 5.56 Å². The Morgan fingerprint density at radius 3 is 2.32 bits per heavy atom. The van der Waals surface area contributed by atoms with E-state index < -0.39 is 0 Å². The molecule has 0 N–H and O–H groups in total. The summed E-state index contributed by atoms with van der Waals surface area (Å²) in [6.45, 7) is 5.12. The van der Waals surface area contributed by atoms with E-state index in [1.165, 1.54) is 6.07 Å². The fourth-order valence-corrected chi connectivity index (χ4v) is 4.45. The van der Waals surface area contributed by atoms with E-state index in [-0.39, 0.29) is 36.2 Å². The number of anilines is 1. The van der Waals surface area contributed by atoms with Gasteiger partial charge in [0.1, 0.15) is 5.82 Å². The lowest BCUT2D eigenvalue weighted by molar-refractivity contribution is 0.250. The molecule has 1 saturated heterocycles. The van der Waals surface area contributed by atoms with Crippen LogP contribution < -0.4 is 10.5 Å². The number of pyridine rings is 1. The van der Waals surface area contributed by atoms with Crippen LogP contribution in [-0.4, -0.2) is 52.2 Å². The molecule has 4 aromatic rings. The number of hydrogen-bond acceptors (Lipinski definition) is 5. The van der Waals surface area contributed by atoms with Crippen LogP contribution in [0.2, 0.25) is 0 Å². The summed E-state index contributed by atoms with van der Waals surface area (Å²) in [5.41, 5.74) is 2.22. The Kier molecular flexibility index (Phi) is 8.83. The first-order chi connectivity index (χ1) is 15.7. The normalized spacial score (nSPS) is 14.1. The Bertz CT molecular complexity index is 1310. The number of hydrogen-bond donors (Lipinski definition) is 0. The second kappa shape index (κ2) is 11.6. The van der Waals surface area contributed by atoms with E-state index in [1.807, 2.05) is 36.4 Å². The Morgan fingerprint density at radius 2 is 1.53 bits per heavy atom. The molecule has 0 aliphatic carbocycles. The second-order valence-corrected chi connectivity index (χ2v) is 8.27. The van der Waals surface area contributed by atoms with Gasteiger partial charge in [0.2, 0.25) is 0 Å². The monoisotopic (exact) mass is 503 g/mol. The number of piperazine rings is 1. The Balaban J connectivity index is 0.00000162. The van der Waals surface area contributed by atoms with Gasteiger partial charge in [-0.3, -0.25) is 19.2 Å². The van der Waals surface area contributed by atoms with Crippen LogP contribution in [0.15, 0.2) is 65.8 Å². The Labute approximate surface area is 210 Å². The van der Waals surface area contributed by atoms with Gasteiger partial charge >= 0.3 is 0 Å². The highest BCUT2D eigenvalue weighted by Crippen LogP contribution is 2.21. The van der Waals surface area contributed by atoms with E-state index in [0.717, 1.165) is 56.5 Å². The van der Waals surface area contributed by atoms with Crippen LogP contribution in [0.3, 0.4) is 0 Å². The first kappa shape index (κ1) is 25.9. The third kappa shape index (κ3) is 5.32. The highest BCUT2D eigenvalue weighted by Gasteiger charge is 2.18. The molecule has 1 aliphatic heterocycles. The van der Waals surface area contributed by atoms with Crippen molar-refractivity contribution >= 4 is 52.3 Å². The van der Waals surface area contributed by atoms with Crippen molar-refractivity contribution in [3.05, 3.63) is 77.2 Å². The van der Waals surface area contributed by atoms with Gasteiger partial charge in [-0.25, -0.2) is 9.37 Å². The molecule has 3 heterocycles. The standard InChI is InChI=1S/C25H26FN5O.2ClH/c26-21-8-2-4-10-23(21)30-15-13-29(14-16-30)11-5-6-12-31-18-28-24-19-7-1-3-9-22(19)27-17-20(24)25(31)32;;/h1-4,7-10,17-18H,5-6,11-16H2;2*1H. The van der Waals surface area contributed by atoms with Gasteiger partial charge < -0.3 is 4.90 Å². The van der Waals surface area contributed by atoms with Crippen molar-refractivity contribution in [3.63, 3.8) is 0 Å². The number of para-hydroxylation sites is 2. The molecule has 5 rings (SSSR count). The topological polar surface area (TPSA) is 54.3 Å². The molecule has 2 aromatic carbocycles. The van der Waals surface area contributed by atoms with Gasteiger partial charge in [0, 0.05) is 44.3 Å². The van der Waals surface area contributed by atoms with Crippen LogP contribution in [0.5, 0.6) is 0 Å². The van der Waals surface area contributed by atoms with Crippen molar-refractivity contribution in [3.8, 4) is 0 Å². The lowest BCUT2D eigenvalue weighted by Gasteiger charge is -2.36. The van der Waals surface area contributed by atoms with Crippen molar-refractivity contribution in [2.75, 3.05) is 37.6 Å². The molecule has 0 unspecified atom stereocenters. The van der Waals surface area contributed by atoms with Crippen LogP contribution in [0.4, 0.5) is 10.1 Å². The first-order valence-electron chi connectivity index (χ1n) is 11.2. The minimum atomic E-state index is -0.154. The summed E-state index contributed by atoms with van der Waals surface area (Å²) in [6.07, 6.45) is 5.20. The molecule has 1 fully saturated rings. The number of nitrogens with zero attached hydrogens (tertiary/aromatic N) is 5. The molecule has 180 valence electrons. The molecular formula is C25H28Cl2FN5O. The summed E-state index contributed by atoms with van der Waals surface area (Å²) in [6, 6.07) is 14.7. The summed E-state index contributed by atoms with van der Waals surface area (Å²) in [5, 5.41) is 1.47. The number of rotatable bonds is 6. The predicted molar refractivity (Wildman–Crippen MR) is 140 cm³/mol. The van der Waals surface area contributed by atoms with Gasteiger partial charge in [0.15, 0.2) is 0 Å². The van der Waals surface area contributed by atoms with Crippen LogP contribution in [0, 0.1) is 5.82 Å². The number of aryl methyl sites for hydroxylation is 1. The van der Waals surface area contributed by atoms with E-state index in [9.17, 15) is 9.18 Å². The lowest BCUT2D eigenvalue weighted by Crippen LogP contribution is -2.46. The van der Waals surface area contributed by atoms with Crippen molar-refractivity contribution in [2.45, 2.75) is 19.4 Å². The fourth-order valence-electron chi connectivity index (χ4n) is 4.45. The third-order valence-electron chi connectivity index (χ3n) is 6.25. The summed E-state index contributed by atoms with van der Waals surface area (Å²) < 4.78 is 15.7. The van der Waals surface area contributed by atoms with E-state index in [2.05, 4.69) is 19.8 Å². The SMILES string of the molecule is Cl.Cl.O=c1c2cnc3ccccc3c2ncn1CCCCN1CCN(c2ccccc2F)CC1. The van der Waals surface area contributed by atoms with Crippen LogP contribution in [0.1, 0.15) is 12.8 Å². The Hall–Kier alpha value is -2.74. The molecule has 0 spiro atoms. The number of benzene rings is 2. The quantitative estimate of drug-likeness (QED) is 0.285. The minimum Gasteiger partial charge on any atom is -0.367 e. The molecule has 0 atom stereocenters. The summed E-state index contributed by atoms with van der Waals surface area (Å²) >= 11 is 0. The van der Waals surface area contributed by atoms with Crippen molar-refractivity contribution in [1.29, 1.82) is 0 Å². The predicted octanol–water partition coefficient (Wildman–Crippen LogP) is 4.53. The summed E-state index contributed by atoms with van der Waals surface area (Å²) in [4.78, 5) is 26.4. The second-order valence-electron chi connectivity index (χ2n) is 8.27. The third-order valence-corrected chi connectivity index (χ3v) is 6.25. The molecule has 1 aliphatic rings. The van der Waals surface area contributed by atoms with Gasteiger partial charge in [-0.2, -0.15) is 0 Å². The summed E-state index contributed by atoms with van der Waals surface area (Å²) in [5.74, 6) is -0.154. The molecule has 0 amide bonds. The van der Waals surface area contributed by atoms with Crippen molar-refractivity contribution in [1.82, 2.24) is 19.4 Å². The Morgan fingerprint density at radius 1 is 0.824 bits per heavy atom. The average Bonchev–Trinajstić information content (AvgIpc) is 2.83. The fraction of sp³-hybridized carbons (Fsp3) is 0.320. The van der Waals surface area contributed by atoms with Gasteiger partial charge in [0.05, 0.1) is 28.4 Å². The van der Waals surface area contributed by atoms with E-state index in [4.69, 9.17) is 0 Å². The first-order valence-corrected chi connectivity index (χ1v) is 11.2. The molecule has 0 saturated carbocycles. The highest BCUT2D eigenvalue weighted by molar-refractivity contribution is 6.02. The van der Waals surface area contributed by atoms with Crippen LogP contribution >= 0.6 is 24.8 Å². The minimum absolute atomic E-state index is 0. The number of fused-ring (bicyclic) bond motifs is 3. The zero-order chi connectivity index (χ0) is 21.9. The zero-order valence-corrected chi connectivity index (χ0v) is 20.4. The molecule has 9 heteroatoms. The van der Waals surface area contributed by atoms with Crippen molar-refractivity contribution < 1.29 is 4.39 Å². The maximum absolute atomic E-state index is 14.0. The van der Waals surface area contributed by atoms with Gasteiger partial charge in [-0.15, -0.1) is 24.8 Å². The maximum atomic E-state index is 14.0. The molecule has 0 bridgehead atoms. The van der Waals surface area contributed by atoms with Gasteiger partial charge in [-0.05, 0) is 37.6 Å². The average molecular weight is 504 g/mol.